The smallest absolute Gasteiger partial charge is 0.0950 e. The van der Waals surface area contributed by atoms with Gasteiger partial charge in [0.2, 0.25) is 0 Å². The molecule has 1 heterocycles. The Kier molecular flexibility index (Phi) is 4.22. The summed E-state index contributed by atoms with van der Waals surface area (Å²) in [6, 6.07) is 6.10. The average molecular weight is 240 g/mol. The number of hydrogen-bond donors (Lipinski definition) is 0. The number of hydrogen-bond acceptors (Lipinski definition) is 2. The fraction of sp³-hybridized carbons (Fsp3) is 0.538. The molecule has 1 aliphatic rings. The Bertz CT molecular complexity index is 348. The number of halogens is 1. The van der Waals surface area contributed by atoms with Crippen LogP contribution in [0.4, 0.5) is 0 Å². The number of nitrogens with zero attached hydrogens (tertiary/aromatic N) is 1. The molecule has 16 heavy (non-hydrogen) atoms. The molecule has 0 unspecified atom stereocenters. The van der Waals surface area contributed by atoms with Gasteiger partial charge in [-0.05, 0) is 37.0 Å². The van der Waals surface area contributed by atoms with Gasteiger partial charge in [0.25, 0.3) is 0 Å². The van der Waals surface area contributed by atoms with Gasteiger partial charge < -0.3 is 0 Å². The number of hydroxylamine groups is 2. The van der Waals surface area contributed by atoms with Crippen LogP contribution in [0.3, 0.4) is 0 Å². The van der Waals surface area contributed by atoms with E-state index in [-0.39, 0.29) is 0 Å². The van der Waals surface area contributed by atoms with Crippen LogP contribution in [-0.2, 0) is 11.4 Å². The SMILES string of the molecule is Cc1ccc(CON2CCCCC2)c(Cl)c1. The standard InChI is InChI=1S/C13H18ClNO/c1-11-5-6-12(13(14)9-11)10-16-15-7-3-2-4-8-15/h5-6,9H,2-4,7-8,10H2,1H3. The predicted molar refractivity (Wildman–Crippen MR) is 66.4 cm³/mol. The van der Waals surface area contributed by atoms with Gasteiger partial charge in [-0.25, -0.2) is 0 Å². The number of rotatable bonds is 3. The van der Waals surface area contributed by atoms with Crippen molar-refractivity contribution in [3.63, 3.8) is 0 Å². The van der Waals surface area contributed by atoms with Crippen molar-refractivity contribution < 1.29 is 4.84 Å². The summed E-state index contributed by atoms with van der Waals surface area (Å²) in [6.07, 6.45) is 3.80. The molecule has 0 N–H and O–H groups in total. The number of aryl methyl sites for hydroxylation is 1. The molecule has 1 aromatic carbocycles. The van der Waals surface area contributed by atoms with E-state index in [4.69, 9.17) is 16.4 Å². The fourth-order valence-electron chi connectivity index (χ4n) is 1.92. The van der Waals surface area contributed by atoms with E-state index < -0.39 is 0 Å². The first-order valence-corrected chi connectivity index (χ1v) is 6.26. The minimum atomic E-state index is 0.582. The van der Waals surface area contributed by atoms with Gasteiger partial charge in [0.05, 0.1) is 6.61 Å². The lowest BCUT2D eigenvalue weighted by molar-refractivity contribution is -0.178. The van der Waals surface area contributed by atoms with Gasteiger partial charge in [0.1, 0.15) is 0 Å². The van der Waals surface area contributed by atoms with E-state index in [1.54, 1.807) is 0 Å². The van der Waals surface area contributed by atoms with E-state index in [0.29, 0.717) is 6.61 Å². The number of piperidine rings is 1. The second-order valence-electron chi connectivity index (χ2n) is 4.36. The molecule has 0 amide bonds. The van der Waals surface area contributed by atoms with Gasteiger partial charge in [0, 0.05) is 18.1 Å². The van der Waals surface area contributed by atoms with Crippen molar-refractivity contribution in [2.45, 2.75) is 32.8 Å². The topological polar surface area (TPSA) is 12.5 Å². The average Bonchev–Trinajstić information content (AvgIpc) is 2.29. The minimum absolute atomic E-state index is 0.582. The van der Waals surface area contributed by atoms with Crippen LogP contribution in [0.15, 0.2) is 18.2 Å². The van der Waals surface area contributed by atoms with Crippen LogP contribution in [-0.4, -0.2) is 18.2 Å². The Balaban J connectivity index is 1.88. The fourth-order valence-corrected chi connectivity index (χ4v) is 2.21. The first-order valence-electron chi connectivity index (χ1n) is 5.88. The summed E-state index contributed by atoms with van der Waals surface area (Å²) >= 11 is 6.15. The van der Waals surface area contributed by atoms with E-state index in [9.17, 15) is 0 Å². The van der Waals surface area contributed by atoms with E-state index in [0.717, 1.165) is 23.7 Å². The summed E-state index contributed by atoms with van der Waals surface area (Å²) < 4.78 is 0. The van der Waals surface area contributed by atoms with Gasteiger partial charge >= 0.3 is 0 Å². The maximum atomic E-state index is 6.15. The van der Waals surface area contributed by atoms with Crippen molar-refractivity contribution in [3.05, 3.63) is 34.3 Å². The first kappa shape index (κ1) is 11.9. The van der Waals surface area contributed by atoms with Crippen molar-refractivity contribution in [1.82, 2.24) is 5.06 Å². The van der Waals surface area contributed by atoms with Crippen molar-refractivity contribution in [2.75, 3.05) is 13.1 Å². The molecule has 0 spiro atoms. The molecule has 2 nitrogen and oxygen atoms in total. The summed E-state index contributed by atoms with van der Waals surface area (Å²) in [5.74, 6) is 0. The van der Waals surface area contributed by atoms with Crippen LogP contribution in [0, 0.1) is 6.92 Å². The molecule has 1 fully saturated rings. The maximum absolute atomic E-state index is 6.15. The van der Waals surface area contributed by atoms with E-state index in [2.05, 4.69) is 11.1 Å². The summed E-state index contributed by atoms with van der Waals surface area (Å²) in [7, 11) is 0. The third-order valence-corrected chi connectivity index (χ3v) is 3.28. The third kappa shape index (κ3) is 3.21. The molecule has 1 saturated heterocycles. The van der Waals surface area contributed by atoms with Crippen LogP contribution in [0.1, 0.15) is 30.4 Å². The second-order valence-corrected chi connectivity index (χ2v) is 4.77. The van der Waals surface area contributed by atoms with Crippen molar-refractivity contribution in [1.29, 1.82) is 0 Å². The van der Waals surface area contributed by atoms with E-state index in [1.807, 2.05) is 19.1 Å². The van der Waals surface area contributed by atoms with Crippen LogP contribution in [0.5, 0.6) is 0 Å². The molecular weight excluding hydrogens is 222 g/mol. The molecule has 0 bridgehead atoms. The first-order chi connectivity index (χ1) is 7.75. The second kappa shape index (κ2) is 5.67. The van der Waals surface area contributed by atoms with Gasteiger partial charge in [-0.15, -0.1) is 0 Å². The molecule has 1 aliphatic heterocycles. The Labute approximate surface area is 102 Å². The van der Waals surface area contributed by atoms with Crippen LogP contribution >= 0.6 is 11.6 Å². The maximum Gasteiger partial charge on any atom is 0.0950 e. The van der Waals surface area contributed by atoms with Gasteiger partial charge in [-0.1, -0.05) is 30.2 Å². The minimum Gasteiger partial charge on any atom is -0.294 e. The molecule has 1 aromatic rings. The van der Waals surface area contributed by atoms with Crippen molar-refractivity contribution in [3.8, 4) is 0 Å². The molecule has 0 atom stereocenters. The molecule has 3 heteroatoms. The molecular formula is C13H18ClNO. The van der Waals surface area contributed by atoms with Gasteiger partial charge in [-0.2, -0.15) is 5.06 Å². The lowest BCUT2D eigenvalue weighted by atomic mass is 10.1. The quantitative estimate of drug-likeness (QED) is 0.800. The summed E-state index contributed by atoms with van der Waals surface area (Å²) in [6.45, 7) is 4.72. The highest BCUT2D eigenvalue weighted by molar-refractivity contribution is 6.31. The van der Waals surface area contributed by atoms with Crippen molar-refractivity contribution >= 4 is 11.6 Å². The zero-order chi connectivity index (χ0) is 11.4. The largest absolute Gasteiger partial charge is 0.294 e. The Hall–Kier alpha value is -0.570. The highest BCUT2D eigenvalue weighted by Crippen LogP contribution is 2.19. The monoisotopic (exact) mass is 239 g/mol. The molecule has 0 radical (unpaired) electrons. The molecule has 88 valence electrons. The highest BCUT2D eigenvalue weighted by atomic mass is 35.5. The van der Waals surface area contributed by atoms with Crippen LogP contribution in [0.25, 0.3) is 0 Å². The summed E-state index contributed by atoms with van der Waals surface area (Å²) in [4.78, 5) is 5.74. The zero-order valence-electron chi connectivity index (χ0n) is 9.71. The van der Waals surface area contributed by atoms with Gasteiger partial charge in [0.15, 0.2) is 0 Å². The molecule has 0 saturated carbocycles. The Morgan fingerprint density at radius 3 is 2.69 bits per heavy atom. The van der Waals surface area contributed by atoms with Gasteiger partial charge in [-0.3, -0.25) is 4.84 Å². The zero-order valence-corrected chi connectivity index (χ0v) is 10.5. The Morgan fingerprint density at radius 1 is 1.25 bits per heavy atom. The highest BCUT2D eigenvalue weighted by Gasteiger charge is 2.11. The third-order valence-electron chi connectivity index (χ3n) is 2.93. The predicted octanol–water partition coefficient (Wildman–Crippen LogP) is 3.57. The molecule has 0 aliphatic carbocycles. The summed E-state index contributed by atoms with van der Waals surface area (Å²) in [5.41, 5.74) is 2.25. The van der Waals surface area contributed by atoms with Crippen LogP contribution < -0.4 is 0 Å². The van der Waals surface area contributed by atoms with Crippen molar-refractivity contribution in [2.24, 2.45) is 0 Å². The Morgan fingerprint density at radius 2 is 2.00 bits per heavy atom. The summed E-state index contributed by atoms with van der Waals surface area (Å²) in [5, 5.41) is 2.86. The molecule has 2 rings (SSSR count). The van der Waals surface area contributed by atoms with E-state index in [1.165, 1.54) is 24.8 Å². The lowest BCUT2D eigenvalue weighted by Gasteiger charge is -2.25. The van der Waals surface area contributed by atoms with Crippen LogP contribution in [0.2, 0.25) is 5.02 Å². The number of benzene rings is 1. The normalized spacial score (nSPS) is 17.6. The lowest BCUT2D eigenvalue weighted by Crippen LogP contribution is -2.29. The molecule has 0 aromatic heterocycles. The van der Waals surface area contributed by atoms with E-state index >= 15 is 0 Å².